The summed E-state index contributed by atoms with van der Waals surface area (Å²) in [5.41, 5.74) is 4.62. The molecule has 4 rings (SSSR count). The predicted molar refractivity (Wildman–Crippen MR) is 124 cm³/mol. The summed E-state index contributed by atoms with van der Waals surface area (Å²) in [6.45, 7) is 6.68. The van der Waals surface area contributed by atoms with Gasteiger partial charge in [-0.2, -0.15) is 0 Å². The van der Waals surface area contributed by atoms with Crippen LogP contribution in [0.1, 0.15) is 31.9 Å². The molecule has 30 heavy (non-hydrogen) atoms. The van der Waals surface area contributed by atoms with Crippen molar-refractivity contribution in [3.63, 3.8) is 0 Å². The highest BCUT2D eigenvalue weighted by molar-refractivity contribution is 7.98. The molecule has 0 bridgehead atoms. The summed E-state index contributed by atoms with van der Waals surface area (Å²) in [7, 11) is 0. The SMILES string of the molecule is CC(C)(C)c1ccc(CSc2nnc(-c3cccnc3)n2-c2ccc(Cl)cc2)cc1. The summed E-state index contributed by atoms with van der Waals surface area (Å²) in [6, 6.07) is 20.4. The maximum Gasteiger partial charge on any atom is 0.196 e. The molecule has 0 unspecified atom stereocenters. The van der Waals surface area contributed by atoms with Gasteiger partial charge in [0.15, 0.2) is 11.0 Å². The van der Waals surface area contributed by atoms with Crippen LogP contribution in [-0.2, 0) is 11.2 Å². The molecule has 0 fully saturated rings. The molecular weight excluding hydrogens is 412 g/mol. The Labute approximate surface area is 186 Å². The Morgan fingerprint density at radius 1 is 0.933 bits per heavy atom. The van der Waals surface area contributed by atoms with E-state index in [2.05, 4.69) is 64.8 Å². The second kappa shape index (κ2) is 8.62. The van der Waals surface area contributed by atoms with Crippen molar-refractivity contribution in [2.75, 3.05) is 0 Å². The van der Waals surface area contributed by atoms with E-state index in [1.54, 1.807) is 24.2 Å². The molecule has 0 radical (unpaired) electrons. The zero-order chi connectivity index (χ0) is 21.1. The van der Waals surface area contributed by atoms with E-state index in [9.17, 15) is 0 Å². The quantitative estimate of drug-likeness (QED) is 0.333. The van der Waals surface area contributed by atoms with Crippen LogP contribution in [0.5, 0.6) is 0 Å². The average molecular weight is 435 g/mol. The molecule has 0 aliphatic heterocycles. The van der Waals surface area contributed by atoms with Crippen LogP contribution < -0.4 is 0 Å². The van der Waals surface area contributed by atoms with Crippen LogP contribution in [0.3, 0.4) is 0 Å². The number of aromatic nitrogens is 4. The second-order valence-electron chi connectivity index (χ2n) is 8.10. The molecule has 2 aromatic carbocycles. The van der Waals surface area contributed by atoms with Gasteiger partial charge in [-0.25, -0.2) is 0 Å². The highest BCUT2D eigenvalue weighted by Crippen LogP contribution is 2.30. The molecule has 2 aromatic heterocycles. The fourth-order valence-corrected chi connectivity index (χ4v) is 4.15. The van der Waals surface area contributed by atoms with Gasteiger partial charge in [-0.1, -0.05) is 68.4 Å². The van der Waals surface area contributed by atoms with Gasteiger partial charge >= 0.3 is 0 Å². The van der Waals surface area contributed by atoms with Gasteiger partial charge in [0.2, 0.25) is 0 Å². The molecule has 4 aromatic rings. The van der Waals surface area contributed by atoms with E-state index >= 15 is 0 Å². The zero-order valence-corrected chi connectivity index (χ0v) is 18.8. The lowest BCUT2D eigenvalue weighted by atomic mass is 9.87. The Kier molecular flexibility index (Phi) is 5.93. The largest absolute Gasteiger partial charge is 0.270 e. The van der Waals surface area contributed by atoms with Crippen LogP contribution in [0.2, 0.25) is 5.02 Å². The molecule has 0 spiro atoms. The molecule has 0 amide bonds. The van der Waals surface area contributed by atoms with Crippen LogP contribution >= 0.6 is 23.4 Å². The lowest BCUT2D eigenvalue weighted by Gasteiger charge is -2.19. The highest BCUT2D eigenvalue weighted by Gasteiger charge is 2.17. The molecule has 6 heteroatoms. The van der Waals surface area contributed by atoms with E-state index in [1.165, 1.54) is 11.1 Å². The fraction of sp³-hybridized carbons (Fsp3) is 0.208. The molecule has 0 atom stereocenters. The number of hydrogen-bond donors (Lipinski definition) is 0. The number of pyridine rings is 1. The van der Waals surface area contributed by atoms with Crippen LogP contribution in [0, 0.1) is 0 Å². The van der Waals surface area contributed by atoms with Gasteiger partial charge in [0.1, 0.15) is 0 Å². The summed E-state index contributed by atoms with van der Waals surface area (Å²) in [6.07, 6.45) is 3.56. The van der Waals surface area contributed by atoms with Gasteiger partial charge in [0.05, 0.1) is 0 Å². The van der Waals surface area contributed by atoms with E-state index < -0.39 is 0 Å². The standard InChI is InChI=1S/C24H23ClN4S/c1-24(2,3)19-8-6-17(7-9-19)16-30-23-28-27-22(18-5-4-14-26-15-18)29(23)21-12-10-20(25)11-13-21/h4-15H,16H2,1-3H3. The van der Waals surface area contributed by atoms with Crippen molar-refractivity contribution in [1.82, 2.24) is 19.7 Å². The van der Waals surface area contributed by atoms with Gasteiger partial charge in [-0.3, -0.25) is 9.55 Å². The van der Waals surface area contributed by atoms with Crippen LogP contribution in [0.25, 0.3) is 17.1 Å². The molecule has 4 nitrogen and oxygen atoms in total. The van der Waals surface area contributed by atoms with Crippen LogP contribution in [0.4, 0.5) is 0 Å². The number of hydrogen-bond acceptors (Lipinski definition) is 4. The lowest BCUT2D eigenvalue weighted by Crippen LogP contribution is -2.10. The van der Waals surface area contributed by atoms with E-state index in [-0.39, 0.29) is 5.41 Å². The molecule has 152 valence electrons. The normalized spacial score (nSPS) is 11.6. The van der Waals surface area contributed by atoms with Crippen LogP contribution in [-0.4, -0.2) is 19.7 Å². The summed E-state index contributed by atoms with van der Waals surface area (Å²) in [4.78, 5) is 4.23. The van der Waals surface area contributed by atoms with E-state index in [1.807, 2.05) is 36.4 Å². The smallest absolute Gasteiger partial charge is 0.196 e. The maximum absolute atomic E-state index is 6.10. The van der Waals surface area contributed by atoms with Crippen molar-refractivity contribution >= 4 is 23.4 Å². The number of thioether (sulfide) groups is 1. The summed E-state index contributed by atoms with van der Waals surface area (Å²) in [5.74, 6) is 1.57. The van der Waals surface area contributed by atoms with Crippen molar-refractivity contribution in [3.05, 3.63) is 89.2 Å². The lowest BCUT2D eigenvalue weighted by molar-refractivity contribution is 0.590. The Hall–Kier alpha value is -2.63. The Bertz CT molecular complexity index is 1110. The first-order valence-electron chi connectivity index (χ1n) is 9.76. The summed E-state index contributed by atoms with van der Waals surface area (Å²) >= 11 is 7.76. The molecule has 0 saturated heterocycles. The van der Waals surface area contributed by atoms with Gasteiger partial charge in [0, 0.05) is 34.4 Å². The third kappa shape index (κ3) is 4.58. The van der Waals surface area contributed by atoms with Gasteiger partial charge in [0.25, 0.3) is 0 Å². The highest BCUT2D eigenvalue weighted by atomic mass is 35.5. The van der Waals surface area contributed by atoms with Crippen molar-refractivity contribution in [2.45, 2.75) is 37.1 Å². The Morgan fingerprint density at radius 3 is 2.30 bits per heavy atom. The molecule has 0 N–H and O–H groups in total. The molecule has 2 heterocycles. The number of rotatable bonds is 5. The molecule has 0 aliphatic carbocycles. The van der Waals surface area contributed by atoms with Crippen molar-refractivity contribution in [3.8, 4) is 17.1 Å². The minimum absolute atomic E-state index is 0.152. The van der Waals surface area contributed by atoms with Gasteiger partial charge in [-0.15, -0.1) is 10.2 Å². The summed E-state index contributed by atoms with van der Waals surface area (Å²) in [5, 5.41) is 10.5. The maximum atomic E-state index is 6.10. The van der Waals surface area contributed by atoms with E-state index in [0.717, 1.165) is 28.0 Å². The van der Waals surface area contributed by atoms with Crippen LogP contribution in [0.15, 0.2) is 78.2 Å². The zero-order valence-electron chi connectivity index (χ0n) is 17.2. The number of halogens is 1. The van der Waals surface area contributed by atoms with Crippen molar-refractivity contribution in [2.24, 2.45) is 0 Å². The fourth-order valence-electron chi connectivity index (χ4n) is 3.12. The van der Waals surface area contributed by atoms with Gasteiger partial charge in [-0.05, 0) is 52.9 Å². The van der Waals surface area contributed by atoms with E-state index in [0.29, 0.717) is 5.02 Å². The van der Waals surface area contributed by atoms with E-state index in [4.69, 9.17) is 11.6 Å². The minimum Gasteiger partial charge on any atom is -0.270 e. The molecule has 0 aliphatic rings. The average Bonchev–Trinajstić information content (AvgIpc) is 3.17. The van der Waals surface area contributed by atoms with Crippen molar-refractivity contribution in [1.29, 1.82) is 0 Å². The molecule has 0 saturated carbocycles. The first kappa shape index (κ1) is 20.6. The van der Waals surface area contributed by atoms with Crippen molar-refractivity contribution < 1.29 is 0 Å². The first-order chi connectivity index (χ1) is 14.4. The minimum atomic E-state index is 0.152. The number of benzene rings is 2. The number of nitrogens with zero attached hydrogens (tertiary/aromatic N) is 4. The topological polar surface area (TPSA) is 43.6 Å². The second-order valence-corrected chi connectivity index (χ2v) is 9.47. The Balaban J connectivity index is 1.65. The third-order valence-electron chi connectivity index (χ3n) is 4.83. The third-order valence-corrected chi connectivity index (χ3v) is 6.08. The predicted octanol–water partition coefficient (Wildman–Crippen LogP) is 6.57. The van der Waals surface area contributed by atoms with Gasteiger partial charge < -0.3 is 0 Å². The first-order valence-corrected chi connectivity index (χ1v) is 11.1. The monoisotopic (exact) mass is 434 g/mol. The Morgan fingerprint density at radius 2 is 1.67 bits per heavy atom. The molecular formula is C24H23ClN4S. The summed E-state index contributed by atoms with van der Waals surface area (Å²) < 4.78 is 2.06.